The average molecular weight is 391 g/mol. The minimum absolute atomic E-state index is 0.682. The van der Waals surface area contributed by atoms with Crippen LogP contribution in [0.5, 0.6) is 0 Å². The number of hydrogen-bond acceptors (Lipinski definition) is 3. The Bertz CT molecular complexity index is 1080. The number of para-hydroxylation sites is 1. The Balaban J connectivity index is 1.57. The largest absolute Gasteiger partial charge is 0.356 e. The maximum absolute atomic E-state index is 6.49. The molecular weight excluding hydrogens is 368 g/mol. The third kappa shape index (κ3) is 4.03. The first-order chi connectivity index (χ1) is 13.6. The number of aromatic nitrogens is 2. The fourth-order valence-corrected chi connectivity index (χ4v) is 3.43. The third-order valence-electron chi connectivity index (χ3n) is 4.78. The van der Waals surface area contributed by atoms with Crippen molar-refractivity contribution in [2.45, 2.75) is 6.42 Å². The third-order valence-corrected chi connectivity index (χ3v) is 5.11. The topological polar surface area (TPSA) is 44.0 Å². The van der Waals surface area contributed by atoms with Crippen molar-refractivity contribution in [2.75, 3.05) is 26.0 Å². The molecule has 0 amide bonds. The van der Waals surface area contributed by atoms with E-state index in [2.05, 4.69) is 64.8 Å². The van der Waals surface area contributed by atoms with Gasteiger partial charge in [-0.1, -0.05) is 41.9 Å². The number of likely N-dealkylation sites (N-methyl/N-ethyl adjacent to an activating group) is 1. The van der Waals surface area contributed by atoms with E-state index in [-0.39, 0.29) is 0 Å². The highest BCUT2D eigenvalue weighted by Gasteiger charge is 2.12. The highest BCUT2D eigenvalue weighted by molar-refractivity contribution is 6.33. The molecule has 1 aromatic heterocycles. The van der Waals surface area contributed by atoms with Crippen LogP contribution in [0.4, 0.5) is 11.4 Å². The van der Waals surface area contributed by atoms with Gasteiger partial charge in [-0.15, -0.1) is 0 Å². The molecule has 0 spiro atoms. The van der Waals surface area contributed by atoms with Gasteiger partial charge in [-0.25, -0.2) is 0 Å². The molecule has 1 heterocycles. The molecule has 142 valence electrons. The van der Waals surface area contributed by atoms with E-state index in [0.717, 1.165) is 46.5 Å². The molecule has 4 nitrogen and oxygen atoms in total. The lowest BCUT2D eigenvalue weighted by atomic mass is 10.1. The minimum Gasteiger partial charge on any atom is -0.356 e. The van der Waals surface area contributed by atoms with Crippen LogP contribution in [-0.4, -0.2) is 35.7 Å². The molecule has 0 aliphatic heterocycles. The summed E-state index contributed by atoms with van der Waals surface area (Å²) in [5, 5.41) is 12.8. The number of H-pyrrole nitrogens is 1. The molecular formula is C23H23ClN4. The minimum atomic E-state index is 0.682. The van der Waals surface area contributed by atoms with Gasteiger partial charge >= 0.3 is 0 Å². The Morgan fingerprint density at radius 3 is 2.50 bits per heavy atom. The van der Waals surface area contributed by atoms with Crippen molar-refractivity contribution in [1.29, 1.82) is 0 Å². The van der Waals surface area contributed by atoms with Crippen LogP contribution in [-0.2, 0) is 6.42 Å². The molecule has 28 heavy (non-hydrogen) atoms. The van der Waals surface area contributed by atoms with Gasteiger partial charge in [0, 0.05) is 28.9 Å². The number of benzene rings is 3. The number of halogens is 1. The van der Waals surface area contributed by atoms with Gasteiger partial charge in [0.15, 0.2) is 0 Å². The molecule has 0 aliphatic carbocycles. The normalized spacial score (nSPS) is 11.3. The quantitative estimate of drug-likeness (QED) is 0.441. The Labute approximate surface area is 170 Å². The number of nitrogens with one attached hydrogen (secondary N) is 2. The maximum atomic E-state index is 6.49. The van der Waals surface area contributed by atoms with E-state index in [4.69, 9.17) is 11.6 Å². The first-order valence-electron chi connectivity index (χ1n) is 9.34. The monoisotopic (exact) mass is 390 g/mol. The molecule has 0 atom stereocenters. The SMILES string of the molecule is CN(C)CCc1ccc(Nc2ccc(Cl)c(-c3n[nH]c4ccccc34)c2)cc1. The van der Waals surface area contributed by atoms with Crippen LogP contribution in [0, 0.1) is 0 Å². The van der Waals surface area contributed by atoms with Crippen molar-refractivity contribution in [2.24, 2.45) is 0 Å². The molecule has 0 fully saturated rings. The second kappa shape index (κ2) is 8.05. The van der Waals surface area contributed by atoms with E-state index in [0.29, 0.717) is 5.02 Å². The second-order valence-corrected chi connectivity index (χ2v) is 7.59. The Hall–Kier alpha value is -2.82. The van der Waals surface area contributed by atoms with Gasteiger partial charge in [-0.2, -0.15) is 5.10 Å². The van der Waals surface area contributed by atoms with E-state index in [1.807, 2.05) is 36.4 Å². The molecule has 4 aromatic rings. The van der Waals surface area contributed by atoms with Crippen LogP contribution in [0.15, 0.2) is 66.7 Å². The predicted octanol–water partition coefficient (Wildman–Crippen LogP) is 5.73. The lowest BCUT2D eigenvalue weighted by Crippen LogP contribution is -2.14. The molecule has 0 saturated heterocycles. The fraction of sp³-hybridized carbons (Fsp3) is 0.174. The summed E-state index contributed by atoms with van der Waals surface area (Å²) in [7, 11) is 4.19. The van der Waals surface area contributed by atoms with Gasteiger partial charge in [0.2, 0.25) is 0 Å². The van der Waals surface area contributed by atoms with Crippen LogP contribution >= 0.6 is 11.6 Å². The van der Waals surface area contributed by atoms with Crippen molar-refractivity contribution < 1.29 is 0 Å². The number of nitrogens with zero attached hydrogens (tertiary/aromatic N) is 2. The Morgan fingerprint density at radius 1 is 0.964 bits per heavy atom. The summed E-state index contributed by atoms with van der Waals surface area (Å²) in [6, 6.07) is 22.6. The Morgan fingerprint density at radius 2 is 1.71 bits per heavy atom. The van der Waals surface area contributed by atoms with E-state index < -0.39 is 0 Å². The van der Waals surface area contributed by atoms with E-state index in [1.165, 1.54) is 5.56 Å². The maximum Gasteiger partial charge on any atom is 0.101 e. The molecule has 0 bridgehead atoms. The predicted molar refractivity (Wildman–Crippen MR) is 119 cm³/mol. The average Bonchev–Trinajstić information content (AvgIpc) is 3.13. The molecule has 4 rings (SSSR count). The van der Waals surface area contributed by atoms with Crippen molar-refractivity contribution >= 4 is 33.9 Å². The zero-order valence-electron chi connectivity index (χ0n) is 16.0. The van der Waals surface area contributed by atoms with Gasteiger partial charge < -0.3 is 10.2 Å². The zero-order valence-corrected chi connectivity index (χ0v) is 16.8. The number of aromatic amines is 1. The lowest BCUT2D eigenvalue weighted by molar-refractivity contribution is 0.413. The van der Waals surface area contributed by atoms with Gasteiger partial charge in [0.25, 0.3) is 0 Å². The van der Waals surface area contributed by atoms with Crippen LogP contribution in [0.3, 0.4) is 0 Å². The summed E-state index contributed by atoms with van der Waals surface area (Å²) in [6.07, 6.45) is 1.05. The molecule has 0 unspecified atom stereocenters. The first kappa shape index (κ1) is 18.5. The van der Waals surface area contributed by atoms with Crippen LogP contribution in [0.25, 0.3) is 22.2 Å². The molecule has 0 radical (unpaired) electrons. The van der Waals surface area contributed by atoms with E-state index in [9.17, 15) is 0 Å². The van der Waals surface area contributed by atoms with Crippen molar-refractivity contribution in [3.8, 4) is 11.3 Å². The number of hydrogen-bond donors (Lipinski definition) is 2. The number of fused-ring (bicyclic) bond motifs is 1. The summed E-state index contributed by atoms with van der Waals surface area (Å²) >= 11 is 6.49. The fourth-order valence-electron chi connectivity index (χ4n) is 3.23. The first-order valence-corrected chi connectivity index (χ1v) is 9.72. The molecule has 5 heteroatoms. The standard InChI is InChI=1S/C23H23ClN4/c1-28(2)14-13-16-7-9-17(10-8-16)25-18-11-12-21(24)20(15-18)23-19-5-3-4-6-22(19)26-27-23/h3-12,15,25H,13-14H2,1-2H3,(H,26,27). The smallest absolute Gasteiger partial charge is 0.101 e. The zero-order chi connectivity index (χ0) is 19.5. The van der Waals surface area contributed by atoms with Crippen LogP contribution < -0.4 is 5.32 Å². The summed E-state index contributed by atoms with van der Waals surface area (Å²) in [6.45, 7) is 1.05. The van der Waals surface area contributed by atoms with Gasteiger partial charge in [0.05, 0.1) is 10.5 Å². The van der Waals surface area contributed by atoms with Gasteiger partial charge in [-0.05, 0) is 62.5 Å². The highest BCUT2D eigenvalue weighted by Crippen LogP contribution is 2.34. The summed E-state index contributed by atoms with van der Waals surface area (Å²) < 4.78 is 0. The molecule has 3 aromatic carbocycles. The van der Waals surface area contributed by atoms with Crippen LogP contribution in [0.2, 0.25) is 5.02 Å². The van der Waals surface area contributed by atoms with Crippen molar-refractivity contribution in [3.63, 3.8) is 0 Å². The van der Waals surface area contributed by atoms with Crippen molar-refractivity contribution in [1.82, 2.24) is 15.1 Å². The number of anilines is 2. The van der Waals surface area contributed by atoms with Crippen LogP contribution in [0.1, 0.15) is 5.56 Å². The molecule has 0 saturated carbocycles. The summed E-state index contributed by atoms with van der Waals surface area (Å²) in [4.78, 5) is 2.19. The summed E-state index contributed by atoms with van der Waals surface area (Å²) in [5.74, 6) is 0. The molecule has 0 aliphatic rings. The summed E-state index contributed by atoms with van der Waals surface area (Å²) in [5.41, 5.74) is 6.13. The Kier molecular flexibility index (Phi) is 5.33. The van der Waals surface area contributed by atoms with Crippen molar-refractivity contribution in [3.05, 3.63) is 77.3 Å². The van der Waals surface area contributed by atoms with Gasteiger partial charge in [0.1, 0.15) is 5.69 Å². The van der Waals surface area contributed by atoms with Gasteiger partial charge in [-0.3, -0.25) is 5.10 Å². The number of rotatable bonds is 6. The van der Waals surface area contributed by atoms with E-state index in [1.54, 1.807) is 0 Å². The van der Waals surface area contributed by atoms with E-state index >= 15 is 0 Å². The highest BCUT2D eigenvalue weighted by atomic mass is 35.5. The lowest BCUT2D eigenvalue weighted by Gasteiger charge is -2.11. The molecule has 2 N–H and O–H groups in total. The second-order valence-electron chi connectivity index (χ2n) is 7.19.